The van der Waals surface area contributed by atoms with Gasteiger partial charge in [0.2, 0.25) is 0 Å². The average molecular weight is 452 g/mol. The number of nitrogens with zero attached hydrogens (tertiary/aromatic N) is 2. The molecule has 1 heterocycles. The first-order valence-electron chi connectivity index (χ1n) is 9.76. The summed E-state index contributed by atoms with van der Waals surface area (Å²) in [5, 5.41) is 3.70. The number of hydrogen-bond donors (Lipinski definition) is 1. The number of halogens is 1. The van der Waals surface area contributed by atoms with E-state index >= 15 is 0 Å². The summed E-state index contributed by atoms with van der Waals surface area (Å²) >= 11 is 6.08. The second kappa shape index (κ2) is 9.57. The number of aryl methyl sites for hydroxylation is 1. The van der Waals surface area contributed by atoms with Gasteiger partial charge in [0.25, 0.3) is 0 Å². The van der Waals surface area contributed by atoms with Crippen molar-refractivity contribution in [3.8, 4) is 11.5 Å². The molecule has 0 radical (unpaired) electrons. The van der Waals surface area contributed by atoms with E-state index < -0.39 is 10.1 Å². The minimum atomic E-state index is -4.12. The molecule has 2 aromatic carbocycles. The van der Waals surface area contributed by atoms with Gasteiger partial charge in [0.05, 0.1) is 12.1 Å². The van der Waals surface area contributed by atoms with Gasteiger partial charge in [0.1, 0.15) is 11.2 Å². The van der Waals surface area contributed by atoms with Crippen LogP contribution in [0.5, 0.6) is 11.5 Å². The van der Waals surface area contributed by atoms with E-state index in [4.69, 9.17) is 26.4 Å². The third-order valence-corrected chi connectivity index (χ3v) is 7.00. The van der Waals surface area contributed by atoms with Crippen LogP contribution in [0.25, 0.3) is 0 Å². The summed E-state index contributed by atoms with van der Waals surface area (Å²) in [4.78, 5) is 1.98. The molecule has 162 valence electrons. The Labute approximate surface area is 182 Å². The first-order valence-corrected chi connectivity index (χ1v) is 11.6. The molecule has 0 aliphatic carbocycles. The monoisotopic (exact) mass is 451 g/mol. The maximum Gasteiger partial charge on any atom is 0.340 e. The summed E-state index contributed by atoms with van der Waals surface area (Å²) in [5.74, 6) is 6.08. The minimum absolute atomic E-state index is 0.0773. The smallest absolute Gasteiger partial charge is 0.340 e. The molecule has 2 aromatic rings. The van der Waals surface area contributed by atoms with Gasteiger partial charge >= 0.3 is 10.1 Å². The Morgan fingerprint density at radius 1 is 1.27 bits per heavy atom. The van der Waals surface area contributed by atoms with Crippen molar-refractivity contribution in [1.82, 2.24) is 4.90 Å². The van der Waals surface area contributed by atoms with E-state index in [1.54, 1.807) is 24.5 Å². The van der Waals surface area contributed by atoms with Crippen LogP contribution in [0.2, 0.25) is 5.02 Å². The number of nitrogens with two attached hydrogens (primary N) is 1. The number of benzene rings is 2. The average Bonchev–Trinajstić information content (AvgIpc) is 2.74. The lowest BCUT2D eigenvalue weighted by molar-refractivity contribution is 0.311. The lowest BCUT2D eigenvalue weighted by Gasteiger charge is -2.31. The summed E-state index contributed by atoms with van der Waals surface area (Å²) in [5.41, 5.74) is 1.92. The van der Waals surface area contributed by atoms with Gasteiger partial charge in [-0.05, 0) is 48.9 Å². The van der Waals surface area contributed by atoms with E-state index in [0.29, 0.717) is 5.75 Å². The fourth-order valence-corrected chi connectivity index (χ4v) is 5.12. The number of hydrazone groups is 1. The summed E-state index contributed by atoms with van der Waals surface area (Å²) in [6, 6.07) is 9.99. The molecule has 1 saturated heterocycles. The van der Waals surface area contributed by atoms with Gasteiger partial charge in [0.15, 0.2) is 11.5 Å². The van der Waals surface area contributed by atoms with Crippen LogP contribution in [0.1, 0.15) is 36.8 Å². The summed E-state index contributed by atoms with van der Waals surface area (Å²) in [6.07, 6.45) is 4.11. The molecule has 0 atom stereocenters. The van der Waals surface area contributed by atoms with Gasteiger partial charge in [-0.25, -0.2) is 0 Å². The lowest BCUT2D eigenvalue weighted by atomic mass is 9.87. The summed E-state index contributed by atoms with van der Waals surface area (Å²) < 4.78 is 37.0. The second-order valence-corrected chi connectivity index (χ2v) is 9.03. The van der Waals surface area contributed by atoms with Gasteiger partial charge in [0, 0.05) is 18.7 Å². The Bertz CT molecular complexity index is 1020. The highest BCUT2D eigenvalue weighted by atomic mass is 35.5. The number of likely N-dealkylation sites (tertiary alicyclic amines) is 1. The van der Waals surface area contributed by atoms with E-state index in [1.165, 1.54) is 19.2 Å². The first kappa shape index (κ1) is 22.2. The van der Waals surface area contributed by atoms with Gasteiger partial charge in [-0.15, -0.1) is 0 Å². The molecule has 7 nitrogen and oxygen atoms in total. The topological polar surface area (TPSA) is 94.2 Å². The zero-order valence-corrected chi connectivity index (χ0v) is 18.6. The highest BCUT2D eigenvalue weighted by Gasteiger charge is 2.28. The fraction of sp³-hybridized carbons (Fsp3) is 0.381. The third-order valence-electron chi connectivity index (χ3n) is 5.26. The van der Waals surface area contributed by atoms with Crippen LogP contribution >= 0.6 is 11.6 Å². The molecule has 0 aromatic heterocycles. The van der Waals surface area contributed by atoms with Gasteiger partial charge in [-0.1, -0.05) is 36.7 Å². The maximum absolute atomic E-state index is 12.9. The first-order chi connectivity index (χ1) is 14.4. The molecule has 1 aliphatic rings. The summed E-state index contributed by atoms with van der Waals surface area (Å²) in [6.45, 7) is 3.62. The molecule has 1 aliphatic heterocycles. The van der Waals surface area contributed by atoms with Crippen molar-refractivity contribution in [1.29, 1.82) is 0 Å². The Balaban J connectivity index is 1.97. The maximum atomic E-state index is 12.9. The number of methoxy groups -OCH3 is 1. The van der Waals surface area contributed by atoms with Gasteiger partial charge < -0.3 is 19.7 Å². The van der Waals surface area contributed by atoms with Gasteiger partial charge in [-0.2, -0.15) is 13.5 Å². The fourth-order valence-electron chi connectivity index (χ4n) is 3.70. The van der Waals surface area contributed by atoms with Crippen LogP contribution < -0.4 is 14.8 Å². The normalized spacial score (nSPS) is 15.5. The van der Waals surface area contributed by atoms with Gasteiger partial charge in [-0.3, -0.25) is 0 Å². The van der Waals surface area contributed by atoms with Crippen LogP contribution in [0.3, 0.4) is 0 Å². The van der Waals surface area contributed by atoms with Crippen LogP contribution in [-0.4, -0.2) is 39.9 Å². The van der Waals surface area contributed by atoms with Crippen molar-refractivity contribution in [2.75, 3.05) is 20.2 Å². The molecule has 0 bridgehead atoms. The molecule has 30 heavy (non-hydrogen) atoms. The van der Waals surface area contributed by atoms with E-state index in [1.807, 2.05) is 6.92 Å². The third kappa shape index (κ3) is 4.82. The van der Waals surface area contributed by atoms with E-state index in [2.05, 4.69) is 16.1 Å². The Kier molecular flexibility index (Phi) is 7.10. The van der Waals surface area contributed by atoms with E-state index in [0.717, 1.165) is 43.5 Å². The summed E-state index contributed by atoms with van der Waals surface area (Å²) in [7, 11) is -2.59. The van der Waals surface area contributed by atoms with Crippen molar-refractivity contribution < 1.29 is 17.3 Å². The second-order valence-electron chi connectivity index (χ2n) is 7.11. The largest absolute Gasteiger partial charge is 0.492 e. The van der Waals surface area contributed by atoms with Crippen molar-refractivity contribution >= 4 is 28.1 Å². The standard InChI is InChI=1S/C21H26ClN3O4S/c1-3-15-12-17(16-8-10-25(11-9-16)14-24-23)21(28-2)19(13-15)29-30(26,27)20-7-5-4-6-18(20)22/h4-7,12-14,16H,3,8-11,23H2,1-2H3. The highest BCUT2D eigenvalue weighted by molar-refractivity contribution is 7.87. The zero-order chi connectivity index (χ0) is 21.7. The molecule has 0 amide bonds. The number of piperidine rings is 1. The molecule has 0 unspecified atom stereocenters. The molecule has 9 heteroatoms. The van der Waals surface area contributed by atoms with E-state index in [9.17, 15) is 8.42 Å². The van der Waals surface area contributed by atoms with Crippen LogP contribution in [0, 0.1) is 0 Å². The zero-order valence-electron chi connectivity index (χ0n) is 17.0. The Morgan fingerprint density at radius 3 is 2.57 bits per heavy atom. The van der Waals surface area contributed by atoms with Crippen molar-refractivity contribution in [3.63, 3.8) is 0 Å². The molecule has 1 fully saturated rings. The molecule has 0 spiro atoms. The van der Waals surface area contributed by atoms with Crippen molar-refractivity contribution in [3.05, 3.63) is 52.5 Å². The van der Waals surface area contributed by atoms with Crippen LogP contribution in [-0.2, 0) is 16.5 Å². The van der Waals surface area contributed by atoms with E-state index in [-0.39, 0.29) is 21.6 Å². The molecular weight excluding hydrogens is 426 g/mol. The number of hydrogen-bond acceptors (Lipinski definition) is 6. The molecule has 3 rings (SSSR count). The molecule has 0 saturated carbocycles. The Morgan fingerprint density at radius 2 is 1.97 bits per heavy atom. The quantitative estimate of drug-likeness (QED) is 0.226. The van der Waals surface area contributed by atoms with Crippen molar-refractivity contribution in [2.24, 2.45) is 10.9 Å². The predicted octanol–water partition coefficient (Wildman–Crippen LogP) is 3.76. The Hall–Kier alpha value is -2.45. The van der Waals surface area contributed by atoms with Crippen LogP contribution in [0.4, 0.5) is 0 Å². The predicted molar refractivity (Wildman–Crippen MR) is 118 cm³/mol. The highest BCUT2D eigenvalue weighted by Crippen LogP contribution is 2.42. The van der Waals surface area contributed by atoms with Crippen LogP contribution in [0.15, 0.2) is 46.4 Å². The number of rotatable bonds is 7. The molecular formula is C21H26ClN3O4S. The lowest BCUT2D eigenvalue weighted by Crippen LogP contribution is -2.32. The minimum Gasteiger partial charge on any atom is -0.492 e. The number of ether oxygens (including phenoxy) is 1. The van der Waals surface area contributed by atoms with Crippen molar-refractivity contribution in [2.45, 2.75) is 37.0 Å². The molecule has 2 N–H and O–H groups in total. The SMILES string of the molecule is CCc1cc(OS(=O)(=O)c2ccccc2Cl)c(OC)c(C2CCN(C=NN)CC2)c1.